The first-order valence-electron chi connectivity index (χ1n) is 8.48. The van der Waals surface area contributed by atoms with E-state index in [4.69, 9.17) is 0 Å². The summed E-state index contributed by atoms with van der Waals surface area (Å²) in [6, 6.07) is 15.5. The van der Waals surface area contributed by atoms with Gasteiger partial charge in [0.2, 0.25) is 5.95 Å². The highest BCUT2D eigenvalue weighted by atomic mass is 16.1. The number of benzene rings is 2. The fraction of sp³-hybridized carbons (Fsp3) is 0.190. The van der Waals surface area contributed by atoms with Gasteiger partial charge in [-0.25, -0.2) is 4.98 Å². The first-order valence-corrected chi connectivity index (χ1v) is 8.48. The SMILES string of the molecule is CC(=O)c1ccc(Nc2nc(C)cc(Nc3cc(C)cc(C)c3)n2)cc1. The Morgan fingerprint density at radius 1 is 0.808 bits per heavy atom. The van der Waals surface area contributed by atoms with E-state index in [0.717, 1.165) is 22.9 Å². The summed E-state index contributed by atoms with van der Waals surface area (Å²) in [7, 11) is 0. The van der Waals surface area contributed by atoms with Crippen LogP contribution in [-0.4, -0.2) is 15.8 Å². The van der Waals surface area contributed by atoms with Crippen molar-refractivity contribution in [3.8, 4) is 0 Å². The molecule has 0 unspecified atom stereocenters. The van der Waals surface area contributed by atoms with E-state index >= 15 is 0 Å². The van der Waals surface area contributed by atoms with Gasteiger partial charge < -0.3 is 10.6 Å². The minimum Gasteiger partial charge on any atom is -0.340 e. The predicted octanol–water partition coefficient (Wildman–Crippen LogP) is 5.09. The van der Waals surface area contributed by atoms with Gasteiger partial charge in [0.15, 0.2) is 5.78 Å². The summed E-state index contributed by atoms with van der Waals surface area (Å²) in [5.74, 6) is 1.28. The Morgan fingerprint density at radius 2 is 1.46 bits per heavy atom. The second-order valence-electron chi connectivity index (χ2n) is 6.48. The Kier molecular flexibility index (Phi) is 4.98. The molecule has 0 spiro atoms. The van der Waals surface area contributed by atoms with Gasteiger partial charge in [-0.05, 0) is 75.2 Å². The predicted molar refractivity (Wildman–Crippen MR) is 106 cm³/mol. The van der Waals surface area contributed by atoms with Crippen molar-refractivity contribution in [1.29, 1.82) is 0 Å². The maximum atomic E-state index is 11.4. The molecule has 1 heterocycles. The lowest BCUT2D eigenvalue weighted by atomic mass is 10.1. The number of aromatic nitrogens is 2. The summed E-state index contributed by atoms with van der Waals surface area (Å²) >= 11 is 0. The zero-order chi connectivity index (χ0) is 18.7. The van der Waals surface area contributed by atoms with Gasteiger partial charge in [-0.3, -0.25) is 4.79 Å². The molecule has 5 heteroatoms. The van der Waals surface area contributed by atoms with Crippen LogP contribution in [0.1, 0.15) is 34.1 Å². The van der Waals surface area contributed by atoms with Gasteiger partial charge in [-0.2, -0.15) is 4.98 Å². The fourth-order valence-electron chi connectivity index (χ4n) is 2.80. The maximum absolute atomic E-state index is 11.4. The second-order valence-corrected chi connectivity index (χ2v) is 6.48. The van der Waals surface area contributed by atoms with E-state index in [0.29, 0.717) is 11.5 Å². The highest BCUT2D eigenvalue weighted by Crippen LogP contribution is 2.21. The molecule has 0 amide bonds. The fourth-order valence-corrected chi connectivity index (χ4v) is 2.80. The van der Waals surface area contributed by atoms with Crippen LogP contribution >= 0.6 is 0 Å². The minimum absolute atomic E-state index is 0.0447. The van der Waals surface area contributed by atoms with Crippen LogP contribution < -0.4 is 10.6 Å². The number of nitrogens with zero attached hydrogens (tertiary/aromatic N) is 2. The number of ketones is 1. The Balaban J connectivity index is 1.82. The summed E-state index contributed by atoms with van der Waals surface area (Å²) in [6.45, 7) is 7.62. The van der Waals surface area contributed by atoms with Crippen LogP contribution in [0, 0.1) is 20.8 Å². The Hall–Kier alpha value is -3.21. The van der Waals surface area contributed by atoms with Crippen LogP contribution in [0.2, 0.25) is 0 Å². The molecule has 26 heavy (non-hydrogen) atoms. The molecule has 0 aliphatic carbocycles. The van der Waals surface area contributed by atoms with Crippen LogP contribution in [0.15, 0.2) is 48.5 Å². The molecule has 2 aromatic carbocycles. The lowest BCUT2D eigenvalue weighted by molar-refractivity contribution is 0.101. The number of anilines is 4. The van der Waals surface area contributed by atoms with Gasteiger partial charge >= 0.3 is 0 Å². The van der Waals surface area contributed by atoms with E-state index in [9.17, 15) is 4.79 Å². The third-order valence-electron chi connectivity index (χ3n) is 3.90. The van der Waals surface area contributed by atoms with Gasteiger partial charge in [0, 0.05) is 28.7 Å². The van der Waals surface area contributed by atoms with Crippen LogP contribution in [0.3, 0.4) is 0 Å². The number of aryl methyl sites for hydroxylation is 3. The maximum Gasteiger partial charge on any atom is 0.229 e. The third kappa shape index (κ3) is 4.45. The first kappa shape index (κ1) is 17.6. The van der Waals surface area contributed by atoms with Gasteiger partial charge in [-0.1, -0.05) is 6.07 Å². The van der Waals surface area contributed by atoms with Crippen LogP contribution in [0.25, 0.3) is 0 Å². The number of rotatable bonds is 5. The van der Waals surface area contributed by atoms with E-state index in [-0.39, 0.29) is 5.78 Å². The first-order chi connectivity index (χ1) is 12.4. The highest BCUT2D eigenvalue weighted by molar-refractivity contribution is 5.94. The molecule has 0 fully saturated rings. The molecule has 3 rings (SSSR count). The lowest BCUT2D eigenvalue weighted by Crippen LogP contribution is -2.03. The molecular formula is C21H22N4O. The zero-order valence-corrected chi connectivity index (χ0v) is 15.4. The smallest absolute Gasteiger partial charge is 0.229 e. The second kappa shape index (κ2) is 7.35. The Labute approximate surface area is 153 Å². The molecule has 0 atom stereocenters. The van der Waals surface area contributed by atoms with Crippen molar-refractivity contribution >= 4 is 28.9 Å². The van der Waals surface area contributed by atoms with Crippen LogP contribution in [0.4, 0.5) is 23.1 Å². The topological polar surface area (TPSA) is 66.9 Å². The standard InChI is InChI=1S/C21H22N4O/c1-13-9-14(2)11-19(10-13)23-20-12-15(3)22-21(25-20)24-18-7-5-17(6-8-18)16(4)26/h5-12H,1-4H3,(H2,22,23,24,25). The summed E-state index contributed by atoms with van der Waals surface area (Å²) in [5, 5.41) is 6.53. The van der Waals surface area contributed by atoms with Crippen molar-refractivity contribution in [3.63, 3.8) is 0 Å². The van der Waals surface area contributed by atoms with Crippen molar-refractivity contribution in [2.75, 3.05) is 10.6 Å². The summed E-state index contributed by atoms with van der Waals surface area (Å²) < 4.78 is 0. The highest BCUT2D eigenvalue weighted by Gasteiger charge is 2.05. The van der Waals surface area contributed by atoms with Gasteiger partial charge in [0.05, 0.1) is 0 Å². The van der Waals surface area contributed by atoms with Gasteiger partial charge in [-0.15, -0.1) is 0 Å². The number of nitrogens with one attached hydrogen (secondary N) is 2. The molecule has 0 aliphatic rings. The third-order valence-corrected chi connectivity index (χ3v) is 3.90. The largest absolute Gasteiger partial charge is 0.340 e. The average Bonchev–Trinajstić information content (AvgIpc) is 2.53. The van der Waals surface area contributed by atoms with Crippen molar-refractivity contribution in [2.45, 2.75) is 27.7 Å². The molecule has 1 aromatic heterocycles. The van der Waals surface area contributed by atoms with E-state index in [1.807, 2.05) is 25.1 Å². The Bertz CT molecular complexity index is 928. The number of hydrogen-bond acceptors (Lipinski definition) is 5. The van der Waals surface area contributed by atoms with E-state index < -0.39 is 0 Å². The molecular weight excluding hydrogens is 324 g/mol. The molecule has 132 valence electrons. The minimum atomic E-state index is 0.0447. The van der Waals surface area contributed by atoms with Crippen LogP contribution in [-0.2, 0) is 0 Å². The number of Topliss-reactive ketones (excluding diaryl/α,β-unsaturated/α-hetero) is 1. The summed E-state index contributed by atoms with van der Waals surface area (Å²) in [5.41, 5.74) is 5.76. The van der Waals surface area contributed by atoms with Crippen molar-refractivity contribution in [1.82, 2.24) is 9.97 Å². The van der Waals surface area contributed by atoms with Crippen molar-refractivity contribution in [3.05, 3.63) is 70.9 Å². The van der Waals surface area contributed by atoms with Crippen LogP contribution in [0.5, 0.6) is 0 Å². The van der Waals surface area contributed by atoms with E-state index in [1.165, 1.54) is 11.1 Å². The molecule has 2 N–H and O–H groups in total. The van der Waals surface area contributed by atoms with Gasteiger partial charge in [0.1, 0.15) is 5.82 Å². The summed E-state index contributed by atoms with van der Waals surface area (Å²) in [4.78, 5) is 20.3. The number of carbonyl (C=O) groups is 1. The van der Waals surface area contributed by atoms with E-state index in [1.54, 1.807) is 19.1 Å². The quantitative estimate of drug-likeness (QED) is 0.630. The number of carbonyl (C=O) groups excluding carboxylic acids is 1. The molecule has 5 nitrogen and oxygen atoms in total. The average molecular weight is 346 g/mol. The molecule has 0 saturated heterocycles. The number of hydrogen-bond donors (Lipinski definition) is 2. The zero-order valence-electron chi connectivity index (χ0n) is 15.4. The van der Waals surface area contributed by atoms with Gasteiger partial charge in [0.25, 0.3) is 0 Å². The molecule has 0 aliphatic heterocycles. The molecule has 0 radical (unpaired) electrons. The summed E-state index contributed by atoms with van der Waals surface area (Å²) in [6.07, 6.45) is 0. The Morgan fingerprint density at radius 3 is 2.08 bits per heavy atom. The van der Waals surface area contributed by atoms with E-state index in [2.05, 4.69) is 52.6 Å². The molecule has 0 bridgehead atoms. The monoisotopic (exact) mass is 346 g/mol. The lowest BCUT2D eigenvalue weighted by Gasteiger charge is -2.11. The van der Waals surface area contributed by atoms with Crippen molar-refractivity contribution in [2.24, 2.45) is 0 Å². The molecule has 3 aromatic rings. The molecule has 0 saturated carbocycles. The van der Waals surface area contributed by atoms with Crippen molar-refractivity contribution < 1.29 is 4.79 Å². The normalized spacial score (nSPS) is 10.5.